The number of carbonyl (C=O) groups is 1. The molecule has 0 aromatic heterocycles. The minimum Gasteiger partial charge on any atom is -0.756 e. The molecule has 3 unspecified atom stereocenters. The van der Waals surface area contributed by atoms with Crippen LogP contribution in [-0.4, -0.2) is 68.5 Å². The van der Waals surface area contributed by atoms with E-state index in [4.69, 9.17) is 9.05 Å². The molecule has 0 aromatic rings. The Kier molecular flexibility index (Phi) is 37.4. The molecule has 0 aliphatic heterocycles. The normalized spacial score (nSPS) is 14.7. The van der Waals surface area contributed by atoms with Gasteiger partial charge in [0.2, 0.25) is 5.91 Å². The number of hydrogen-bond donors (Lipinski definition) is 2. The third kappa shape index (κ3) is 40.7. The summed E-state index contributed by atoms with van der Waals surface area (Å²) in [6.45, 7) is 4.61. The second-order valence-corrected chi connectivity index (χ2v) is 18.2. The lowest BCUT2D eigenvalue weighted by atomic mass is 10.0. The molecule has 0 fully saturated rings. The predicted molar refractivity (Wildman–Crippen MR) is 233 cm³/mol. The monoisotopic (exact) mass is 797 g/mol. The van der Waals surface area contributed by atoms with Crippen molar-refractivity contribution in [3.8, 4) is 0 Å². The third-order valence-corrected chi connectivity index (χ3v) is 11.0. The van der Waals surface area contributed by atoms with Crippen LogP contribution in [0.4, 0.5) is 0 Å². The van der Waals surface area contributed by atoms with E-state index in [0.717, 1.165) is 44.9 Å². The molecule has 3 atom stereocenters. The minimum absolute atomic E-state index is 0.00789. The van der Waals surface area contributed by atoms with Crippen molar-refractivity contribution in [3.05, 3.63) is 36.5 Å². The fourth-order valence-corrected chi connectivity index (χ4v) is 7.14. The van der Waals surface area contributed by atoms with E-state index < -0.39 is 26.6 Å². The van der Waals surface area contributed by atoms with Crippen molar-refractivity contribution in [1.82, 2.24) is 5.32 Å². The molecule has 0 rings (SSSR count). The molecule has 0 aliphatic carbocycles. The quantitative estimate of drug-likeness (QED) is 0.0276. The van der Waals surface area contributed by atoms with E-state index in [-0.39, 0.29) is 12.5 Å². The number of phosphoric acid groups is 1. The van der Waals surface area contributed by atoms with Crippen LogP contribution >= 0.6 is 7.82 Å². The molecule has 0 aliphatic rings. The first kappa shape index (κ1) is 53.7. The Morgan fingerprint density at radius 3 is 1.47 bits per heavy atom. The van der Waals surface area contributed by atoms with Crippen LogP contribution in [0, 0.1) is 0 Å². The number of aliphatic hydroxyl groups excluding tert-OH is 1. The van der Waals surface area contributed by atoms with Gasteiger partial charge in [-0.1, -0.05) is 185 Å². The van der Waals surface area contributed by atoms with Crippen molar-refractivity contribution >= 4 is 13.7 Å². The summed E-state index contributed by atoms with van der Waals surface area (Å²) < 4.78 is 23.2. The first-order chi connectivity index (χ1) is 26.5. The predicted octanol–water partition coefficient (Wildman–Crippen LogP) is 12.1. The van der Waals surface area contributed by atoms with Crippen LogP contribution in [0.1, 0.15) is 200 Å². The van der Waals surface area contributed by atoms with Gasteiger partial charge in [0, 0.05) is 6.42 Å². The Labute approximate surface area is 340 Å². The van der Waals surface area contributed by atoms with Crippen LogP contribution in [0.25, 0.3) is 0 Å². The summed E-state index contributed by atoms with van der Waals surface area (Å²) in [7, 11) is 1.24. The maximum Gasteiger partial charge on any atom is 0.268 e. The van der Waals surface area contributed by atoms with E-state index in [1.807, 2.05) is 27.2 Å². The average molecular weight is 797 g/mol. The number of unbranched alkanes of at least 4 members (excludes halogenated alkanes) is 24. The van der Waals surface area contributed by atoms with E-state index in [1.54, 1.807) is 6.08 Å². The van der Waals surface area contributed by atoms with Crippen molar-refractivity contribution in [3.63, 3.8) is 0 Å². The SMILES string of the molecule is CCCCCCC/C=C/CC/C=C/CC/C=C/C(O)C(COP(=O)([O-])OCC[N+](C)(C)C)NC(=O)CCCCCCCCCCCCCCCCCCCC. The molecular formula is C46H89N2O6P. The molecule has 2 N–H and O–H groups in total. The van der Waals surface area contributed by atoms with Crippen molar-refractivity contribution in [1.29, 1.82) is 0 Å². The fourth-order valence-electron chi connectivity index (χ4n) is 6.42. The summed E-state index contributed by atoms with van der Waals surface area (Å²) in [4.78, 5) is 25.3. The first-order valence-corrected chi connectivity index (χ1v) is 24.3. The summed E-state index contributed by atoms with van der Waals surface area (Å²) >= 11 is 0. The van der Waals surface area contributed by atoms with E-state index in [2.05, 4.69) is 43.5 Å². The smallest absolute Gasteiger partial charge is 0.268 e. The molecular weight excluding hydrogens is 707 g/mol. The summed E-state index contributed by atoms with van der Waals surface area (Å²) in [5.74, 6) is -0.210. The van der Waals surface area contributed by atoms with Gasteiger partial charge >= 0.3 is 0 Å². The summed E-state index contributed by atoms with van der Waals surface area (Å²) in [5.41, 5.74) is 0. The fraction of sp³-hybridized carbons (Fsp3) is 0.848. The van der Waals surface area contributed by atoms with Gasteiger partial charge in [-0.05, 0) is 44.9 Å². The highest BCUT2D eigenvalue weighted by molar-refractivity contribution is 7.45. The Bertz CT molecular complexity index is 995. The van der Waals surface area contributed by atoms with E-state index in [0.29, 0.717) is 17.4 Å². The van der Waals surface area contributed by atoms with Gasteiger partial charge in [-0.15, -0.1) is 0 Å². The number of nitrogens with one attached hydrogen (secondary N) is 1. The van der Waals surface area contributed by atoms with Crippen molar-refractivity contribution in [2.75, 3.05) is 40.9 Å². The number of hydrogen-bond acceptors (Lipinski definition) is 6. The van der Waals surface area contributed by atoms with Crippen LogP contribution < -0.4 is 10.2 Å². The standard InChI is InChI=1S/C46H89N2O6P/c1-6-8-10-12-14-16-18-20-22-23-24-26-28-30-32-34-36-38-40-46(50)47-44(43-54-55(51,52)53-42-41-48(3,4)5)45(49)39-37-35-33-31-29-27-25-21-19-17-15-13-11-9-7-2/h19,21,29,31,37,39,44-45,49H,6-18,20,22-28,30,32-36,38,40-43H2,1-5H3,(H-,47,50,51,52)/b21-19+,31-29+,39-37+. The van der Waals surface area contributed by atoms with Crippen LogP contribution in [0.15, 0.2) is 36.5 Å². The molecule has 0 aromatic carbocycles. The zero-order chi connectivity index (χ0) is 40.7. The largest absolute Gasteiger partial charge is 0.756 e. The van der Waals surface area contributed by atoms with Crippen LogP contribution in [0.2, 0.25) is 0 Å². The number of allylic oxidation sites excluding steroid dienone is 5. The molecule has 9 heteroatoms. The zero-order valence-electron chi connectivity index (χ0n) is 36.6. The molecule has 55 heavy (non-hydrogen) atoms. The lowest BCUT2D eigenvalue weighted by molar-refractivity contribution is -0.870. The Hall–Kier alpha value is -1.28. The molecule has 324 valence electrons. The number of likely N-dealkylation sites (N-methyl/N-ethyl adjacent to an activating group) is 1. The van der Waals surface area contributed by atoms with Crippen LogP contribution in [0.5, 0.6) is 0 Å². The van der Waals surface area contributed by atoms with Gasteiger partial charge < -0.3 is 28.8 Å². The molecule has 0 radical (unpaired) electrons. The molecule has 0 heterocycles. The number of quaternary nitrogens is 1. The highest BCUT2D eigenvalue weighted by Gasteiger charge is 2.23. The van der Waals surface area contributed by atoms with Crippen molar-refractivity contribution in [2.45, 2.75) is 212 Å². The Balaban J connectivity index is 4.44. The number of phosphoric ester groups is 1. The third-order valence-electron chi connectivity index (χ3n) is 10.1. The zero-order valence-corrected chi connectivity index (χ0v) is 37.5. The van der Waals surface area contributed by atoms with Gasteiger partial charge in [0.25, 0.3) is 7.82 Å². The number of carbonyl (C=O) groups excluding carboxylic acids is 1. The number of amides is 1. The molecule has 0 saturated carbocycles. The summed E-state index contributed by atoms with van der Waals surface area (Å²) in [5, 5.41) is 13.8. The van der Waals surface area contributed by atoms with Crippen LogP contribution in [0.3, 0.4) is 0 Å². The Morgan fingerprint density at radius 1 is 0.618 bits per heavy atom. The summed E-state index contributed by atoms with van der Waals surface area (Å²) in [6, 6.07) is -0.905. The maximum absolute atomic E-state index is 12.9. The minimum atomic E-state index is -4.60. The Morgan fingerprint density at radius 2 is 1.02 bits per heavy atom. The summed E-state index contributed by atoms with van der Waals surface area (Å²) in [6.07, 6.45) is 46.2. The topological polar surface area (TPSA) is 108 Å². The molecule has 0 saturated heterocycles. The lowest BCUT2D eigenvalue weighted by Crippen LogP contribution is -2.45. The molecule has 1 amide bonds. The van der Waals surface area contributed by atoms with E-state index in [9.17, 15) is 19.4 Å². The van der Waals surface area contributed by atoms with Gasteiger partial charge in [0.1, 0.15) is 13.2 Å². The lowest BCUT2D eigenvalue weighted by Gasteiger charge is -2.29. The second-order valence-electron chi connectivity index (χ2n) is 16.7. The maximum atomic E-state index is 12.9. The van der Waals surface area contributed by atoms with E-state index in [1.165, 1.54) is 135 Å². The molecule has 0 spiro atoms. The van der Waals surface area contributed by atoms with Crippen molar-refractivity contribution < 1.29 is 32.9 Å². The number of aliphatic hydroxyl groups is 1. The first-order valence-electron chi connectivity index (χ1n) is 22.9. The van der Waals surface area contributed by atoms with Crippen LogP contribution in [-0.2, 0) is 18.4 Å². The van der Waals surface area contributed by atoms with Gasteiger partial charge in [-0.25, -0.2) is 0 Å². The van der Waals surface area contributed by atoms with Gasteiger partial charge in [-0.2, -0.15) is 0 Å². The molecule has 8 nitrogen and oxygen atoms in total. The highest BCUT2D eigenvalue weighted by atomic mass is 31.2. The van der Waals surface area contributed by atoms with Gasteiger partial charge in [-0.3, -0.25) is 9.36 Å². The number of rotatable bonds is 41. The van der Waals surface area contributed by atoms with Crippen molar-refractivity contribution in [2.24, 2.45) is 0 Å². The number of nitrogens with zero attached hydrogens (tertiary/aromatic N) is 1. The second kappa shape index (κ2) is 38.2. The van der Waals surface area contributed by atoms with Gasteiger partial charge in [0.05, 0.1) is 39.9 Å². The van der Waals surface area contributed by atoms with E-state index >= 15 is 0 Å². The average Bonchev–Trinajstić information content (AvgIpc) is 3.13. The highest BCUT2D eigenvalue weighted by Crippen LogP contribution is 2.38. The molecule has 0 bridgehead atoms. The van der Waals surface area contributed by atoms with Gasteiger partial charge in [0.15, 0.2) is 0 Å².